The monoisotopic (exact) mass is 497 g/mol. The van der Waals surface area contributed by atoms with Crippen molar-refractivity contribution in [1.82, 2.24) is 4.98 Å². The summed E-state index contributed by atoms with van der Waals surface area (Å²) in [6.07, 6.45) is 1.54. The average molecular weight is 498 g/mol. The lowest BCUT2D eigenvalue weighted by atomic mass is 9.87. The minimum Gasteiger partial charge on any atom is -0.490 e. The standard InChI is InChI=1S/C29H27N3O3S/c1-29(2,3)22-10-14-24(15-11-22)35-17-16-34-23-12-8-20(9-13-23)18-21(19-30)27(33)32-28-31-25-6-4-5-7-26(25)36-28/h4-15,18H,16-17H2,1-3H3,(H,31,32,33)/b21-18-. The van der Waals surface area contributed by atoms with Gasteiger partial charge in [-0.25, -0.2) is 4.98 Å². The quantitative estimate of drug-likeness (QED) is 0.168. The second-order valence-electron chi connectivity index (χ2n) is 9.15. The smallest absolute Gasteiger partial charge is 0.268 e. The van der Waals surface area contributed by atoms with E-state index in [0.29, 0.717) is 29.7 Å². The number of nitriles is 1. The summed E-state index contributed by atoms with van der Waals surface area (Å²) >= 11 is 1.36. The maximum Gasteiger partial charge on any atom is 0.268 e. The van der Waals surface area contributed by atoms with Gasteiger partial charge >= 0.3 is 0 Å². The maximum atomic E-state index is 12.6. The number of para-hydroxylation sites is 1. The number of aromatic nitrogens is 1. The van der Waals surface area contributed by atoms with Crippen LogP contribution >= 0.6 is 11.3 Å². The van der Waals surface area contributed by atoms with Crippen LogP contribution in [0.4, 0.5) is 5.13 Å². The third kappa shape index (κ3) is 6.49. The highest BCUT2D eigenvalue weighted by atomic mass is 32.1. The molecule has 36 heavy (non-hydrogen) atoms. The molecule has 1 heterocycles. The van der Waals surface area contributed by atoms with Crippen LogP contribution in [0.2, 0.25) is 0 Å². The van der Waals surface area contributed by atoms with Gasteiger partial charge in [-0.1, -0.05) is 68.5 Å². The molecule has 3 aromatic carbocycles. The van der Waals surface area contributed by atoms with Crippen LogP contribution in [0.25, 0.3) is 16.3 Å². The zero-order valence-electron chi connectivity index (χ0n) is 20.4. The molecule has 0 fully saturated rings. The molecule has 6 nitrogen and oxygen atoms in total. The molecule has 0 radical (unpaired) electrons. The van der Waals surface area contributed by atoms with E-state index in [-0.39, 0.29) is 11.0 Å². The van der Waals surface area contributed by atoms with Crippen LogP contribution in [-0.4, -0.2) is 24.1 Å². The van der Waals surface area contributed by atoms with Crippen LogP contribution in [-0.2, 0) is 10.2 Å². The first-order chi connectivity index (χ1) is 17.3. The average Bonchev–Trinajstić information content (AvgIpc) is 3.28. The number of amides is 1. The summed E-state index contributed by atoms with van der Waals surface area (Å²) in [4.78, 5) is 17.0. The Balaban J connectivity index is 1.28. The molecule has 1 N–H and O–H groups in total. The summed E-state index contributed by atoms with van der Waals surface area (Å²) in [6, 6.07) is 24.9. The SMILES string of the molecule is CC(C)(C)c1ccc(OCCOc2ccc(/C=C(/C#N)C(=O)Nc3nc4ccccc4s3)cc2)cc1. The van der Waals surface area contributed by atoms with Crippen LogP contribution in [0.1, 0.15) is 31.9 Å². The number of thiazole rings is 1. The summed E-state index contributed by atoms with van der Waals surface area (Å²) in [5.41, 5.74) is 2.88. The Morgan fingerprint density at radius 1 is 0.972 bits per heavy atom. The minimum absolute atomic E-state index is 0.00574. The van der Waals surface area contributed by atoms with Gasteiger partial charge in [-0.05, 0) is 59.0 Å². The van der Waals surface area contributed by atoms with Gasteiger partial charge in [0.2, 0.25) is 0 Å². The number of ether oxygens (including phenoxy) is 2. The molecule has 0 saturated carbocycles. The predicted molar refractivity (Wildman–Crippen MR) is 144 cm³/mol. The lowest BCUT2D eigenvalue weighted by Crippen LogP contribution is -2.13. The zero-order valence-corrected chi connectivity index (χ0v) is 21.3. The Morgan fingerprint density at radius 3 is 2.17 bits per heavy atom. The Bertz CT molecular complexity index is 1380. The number of anilines is 1. The maximum absolute atomic E-state index is 12.6. The minimum atomic E-state index is -0.496. The van der Waals surface area contributed by atoms with Gasteiger partial charge in [-0.3, -0.25) is 10.1 Å². The lowest BCUT2D eigenvalue weighted by Gasteiger charge is -2.19. The first-order valence-corrected chi connectivity index (χ1v) is 12.4. The van der Waals surface area contributed by atoms with Crippen LogP contribution in [0.5, 0.6) is 11.5 Å². The molecule has 1 aromatic heterocycles. The second-order valence-corrected chi connectivity index (χ2v) is 10.2. The molecular weight excluding hydrogens is 470 g/mol. The number of benzene rings is 3. The molecule has 0 atom stereocenters. The highest BCUT2D eigenvalue weighted by Gasteiger charge is 2.14. The van der Waals surface area contributed by atoms with Crippen molar-refractivity contribution in [1.29, 1.82) is 5.26 Å². The highest BCUT2D eigenvalue weighted by molar-refractivity contribution is 7.22. The van der Waals surface area contributed by atoms with Crippen molar-refractivity contribution >= 4 is 38.7 Å². The molecule has 0 saturated heterocycles. The van der Waals surface area contributed by atoms with E-state index in [1.165, 1.54) is 23.0 Å². The molecule has 0 aliphatic carbocycles. The van der Waals surface area contributed by atoms with Gasteiger partial charge in [0, 0.05) is 0 Å². The van der Waals surface area contributed by atoms with Gasteiger partial charge in [-0.2, -0.15) is 5.26 Å². The normalized spacial score (nSPS) is 11.7. The Labute approximate surface area is 214 Å². The van der Waals surface area contributed by atoms with Crippen molar-refractivity contribution in [3.05, 3.63) is 89.5 Å². The van der Waals surface area contributed by atoms with E-state index in [1.807, 2.05) is 42.5 Å². The summed E-state index contributed by atoms with van der Waals surface area (Å²) in [5, 5.41) is 12.7. The molecule has 7 heteroatoms. The van der Waals surface area contributed by atoms with Gasteiger partial charge in [0.15, 0.2) is 5.13 Å². The van der Waals surface area contributed by atoms with Crippen molar-refractivity contribution in [3.63, 3.8) is 0 Å². The largest absolute Gasteiger partial charge is 0.490 e. The van der Waals surface area contributed by atoms with E-state index in [9.17, 15) is 10.1 Å². The third-order valence-corrected chi connectivity index (χ3v) is 6.36. The Kier molecular flexibility index (Phi) is 7.67. The van der Waals surface area contributed by atoms with E-state index in [2.05, 4.69) is 43.2 Å². The molecule has 182 valence electrons. The number of rotatable bonds is 8. The summed E-state index contributed by atoms with van der Waals surface area (Å²) in [5.74, 6) is 0.987. The molecule has 4 rings (SSSR count). The van der Waals surface area contributed by atoms with E-state index < -0.39 is 5.91 Å². The molecule has 0 bridgehead atoms. The van der Waals surface area contributed by atoms with Gasteiger partial charge in [0.05, 0.1) is 10.2 Å². The molecule has 0 aliphatic heterocycles. The molecular formula is C29H27N3O3S. The molecule has 0 unspecified atom stereocenters. The second kappa shape index (κ2) is 11.1. The molecule has 0 spiro atoms. The van der Waals surface area contributed by atoms with Crippen LogP contribution < -0.4 is 14.8 Å². The van der Waals surface area contributed by atoms with Gasteiger partial charge < -0.3 is 9.47 Å². The summed E-state index contributed by atoms with van der Waals surface area (Å²) < 4.78 is 12.5. The fourth-order valence-electron chi connectivity index (χ4n) is 3.44. The van der Waals surface area contributed by atoms with Crippen molar-refractivity contribution in [3.8, 4) is 17.6 Å². The zero-order chi connectivity index (χ0) is 25.5. The number of hydrogen-bond donors (Lipinski definition) is 1. The van der Waals surface area contributed by atoms with E-state index in [0.717, 1.165) is 16.0 Å². The van der Waals surface area contributed by atoms with Crippen LogP contribution in [0.3, 0.4) is 0 Å². The fourth-order valence-corrected chi connectivity index (χ4v) is 4.30. The van der Waals surface area contributed by atoms with Crippen molar-refractivity contribution in [2.45, 2.75) is 26.2 Å². The van der Waals surface area contributed by atoms with Gasteiger partial charge in [0.25, 0.3) is 5.91 Å². The van der Waals surface area contributed by atoms with Gasteiger partial charge in [-0.15, -0.1) is 0 Å². The molecule has 0 aliphatic rings. The Morgan fingerprint density at radius 2 is 1.58 bits per heavy atom. The number of nitrogens with one attached hydrogen (secondary N) is 1. The summed E-state index contributed by atoms with van der Waals surface area (Å²) in [7, 11) is 0. The van der Waals surface area contributed by atoms with E-state index >= 15 is 0 Å². The van der Waals surface area contributed by atoms with Crippen LogP contribution in [0.15, 0.2) is 78.4 Å². The topological polar surface area (TPSA) is 84.2 Å². The first-order valence-electron chi connectivity index (χ1n) is 11.6. The predicted octanol–water partition coefficient (Wildman–Crippen LogP) is 6.60. The van der Waals surface area contributed by atoms with Crippen molar-refractivity contribution in [2.75, 3.05) is 18.5 Å². The number of carbonyl (C=O) groups excluding carboxylic acids is 1. The molecule has 4 aromatic rings. The third-order valence-electron chi connectivity index (χ3n) is 5.41. The van der Waals surface area contributed by atoms with Crippen LogP contribution in [0, 0.1) is 11.3 Å². The van der Waals surface area contributed by atoms with E-state index in [4.69, 9.17) is 9.47 Å². The highest BCUT2D eigenvalue weighted by Crippen LogP contribution is 2.26. The number of hydrogen-bond acceptors (Lipinski definition) is 6. The fraction of sp³-hybridized carbons (Fsp3) is 0.207. The van der Waals surface area contributed by atoms with E-state index in [1.54, 1.807) is 24.3 Å². The number of fused-ring (bicyclic) bond motifs is 1. The number of carbonyl (C=O) groups is 1. The number of nitrogens with zero attached hydrogens (tertiary/aromatic N) is 2. The van der Waals surface area contributed by atoms with Gasteiger partial charge in [0.1, 0.15) is 36.4 Å². The van der Waals surface area contributed by atoms with Crippen molar-refractivity contribution < 1.29 is 14.3 Å². The Hall–Kier alpha value is -4.15. The first kappa shape index (κ1) is 25.0. The lowest BCUT2D eigenvalue weighted by molar-refractivity contribution is -0.112. The van der Waals surface area contributed by atoms with Crippen molar-refractivity contribution in [2.24, 2.45) is 0 Å². The molecule has 1 amide bonds. The summed E-state index contributed by atoms with van der Waals surface area (Å²) in [6.45, 7) is 7.35.